The zero-order chi connectivity index (χ0) is 12.8. The highest BCUT2D eigenvalue weighted by Gasteiger charge is 2.05. The van der Waals surface area contributed by atoms with E-state index < -0.39 is 0 Å². The van der Waals surface area contributed by atoms with E-state index in [0.717, 1.165) is 12.2 Å². The number of nitrogens with one attached hydrogen (secondary N) is 2. The summed E-state index contributed by atoms with van der Waals surface area (Å²) in [4.78, 5) is 19.6. The number of benzene rings is 1. The SMILES string of the molecule is CCNc1ccc(C(=O)Nc2cncnc2)cc1. The first-order valence-electron chi connectivity index (χ1n) is 5.70. The van der Waals surface area contributed by atoms with Gasteiger partial charge in [0.25, 0.3) is 5.91 Å². The largest absolute Gasteiger partial charge is 0.385 e. The van der Waals surface area contributed by atoms with Crippen LogP contribution in [0.3, 0.4) is 0 Å². The van der Waals surface area contributed by atoms with Crippen LogP contribution in [-0.2, 0) is 0 Å². The van der Waals surface area contributed by atoms with Gasteiger partial charge in [0.05, 0.1) is 18.1 Å². The number of hydrogen-bond donors (Lipinski definition) is 2. The first-order valence-corrected chi connectivity index (χ1v) is 5.70. The first kappa shape index (κ1) is 12.0. The first-order chi connectivity index (χ1) is 8.79. The van der Waals surface area contributed by atoms with Crippen LogP contribution in [0.15, 0.2) is 43.0 Å². The maximum Gasteiger partial charge on any atom is 0.255 e. The molecule has 0 fully saturated rings. The summed E-state index contributed by atoms with van der Waals surface area (Å²) in [6.07, 6.45) is 4.52. The minimum Gasteiger partial charge on any atom is -0.385 e. The molecule has 5 nitrogen and oxygen atoms in total. The molecule has 2 rings (SSSR count). The molecule has 0 bridgehead atoms. The van der Waals surface area contributed by atoms with Crippen LogP contribution in [0.25, 0.3) is 0 Å². The lowest BCUT2D eigenvalue weighted by Gasteiger charge is -2.06. The second kappa shape index (κ2) is 5.77. The van der Waals surface area contributed by atoms with Crippen molar-refractivity contribution in [2.24, 2.45) is 0 Å². The van der Waals surface area contributed by atoms with Gasteiger partial charge in [0.15, 0.2) is 0 Å². The zero-order valence-electron chi connectivity index (χ0n) is 10.1. The van der Waals surface area contributed by atoms with E-state index in [-0.39, 0.29) is 5.91 Å². The minimum absolute atomic E-state index is 0.173. The lowest BCUT2D eigenvalue weighted by molar-refractivity contribution is 0.102. The number of amides is 1. The minimum atomic E-state index is -0.173. The fourth-order valence-electron chi connectivity index (χ4n) is 1.51. The number of rotatable bonds is 4. The summed E-state index contributed by atoms with van der Waals surface area (Å²) < 4.78 is 0. The van der Waals surface area contributed by atoms with Crippen molar-refractivity contribution in [3.05, 3.63) is 48.5 Å². The summed E-state index contributed by atoms with van der Waals surface area (Å²) in [5.74, 6) is -0.173. The smallest absolute Gasteiger partial charge is 0.255 e. The molecule has 92 valence electrons. The van der Waals surface area contributed by atoms with Gasteiger partial charge in [-0.15, -0.1) is 0 Å². The van der Waals surface area contributed by atoms with Gasteiger partial charge in [-0.2, -0.15) is 0 Å². The predicted molar refractivity (Wildman–Crippen MR) is 70.6 cm³/mol. The molecule has 0 radical (unpaired) electrons. The Bertz CT molecular complexity index is 510. The van der Waals surface area contributed by atoms with Crippen LogP contribution < -0.4 is 10.6 Å². The molecule has 0 unspecified atom stereocenters. The van der Waals surface area contributed by atoms with Crippen LogP contribution in [0.2, 0.25) is 0 Å². The lowest BCUT2D eigenvalue weighted by atomic mass is 10.2. The van der Waals surface area contributed by atoms with Crippen molar-refractivity contribution in [2.45, 2.75) is 6.92 Å². The van der Waals surface area contributed by atoms with E-state index in [1.807, 2.05) is 19.1 Å². The van der Waals surface area contributed by atoms with Gasteiger partial charge in [0.1, 0.15) is 6.33 Å². The molecular weight excluding hydrogens is 228 g/mol. The Morgan fingerprint density at radius 2 is 1.78 bits per heavy atom. The number of carbonyl (C=O) groups is 1. The number of aromatic nitrogens is 2. The molecule has 1 aromatic heterocycles. The second-order valence-electron chi connectivity index (χ2n) is 3.69. The predicted octanol–water partition coefficient (Wildman–Crippen LogP) is 2.16. The molecule has 0 atom stereocenters. The van der Waals surface area contributed by atoms with Crippen molar-refractivity contribution in [1.82, 2.24) is 9.97 Å². The molecule has 0 spiro atoms. The molecule has 0 saturated carbocycles. The van der Waals surface area contributed by atoms with Crippen molar-refractivity contribution in [3.8, 4) is 0 Å². The van der Waals surface area contributed by atoms with Crippen molar-refractivity contribution in [3.63, 3.8) is 0 Å². The second-order valence-corrected chi connectivity index (χ2v) is 3.69. The van der Waals surface area contributed by atoms with E-state index in [1.54, 1.807) is 24.5 Å². The van der Waals surface area contributed by atoms with Crippen LogP contribution >= 0.6 is 0 Å². The highest BCUT2D eigenvalue weighted by molar-refractivity contribution is 6.04. The third-order valence-corrected chi connectivity index (χ3v) is 2.35. The normalized spacial score (nSPS) is 9.83. The van der Waals surface area contributed by atoms with Gasteiger partial charge in [-0.1, -0.05) is 0 Å². The van der Waals surface area contributed by atoms with E-state index >= 15 is 0 Å². The highest BCUT2D eigenvalue weighted by atomic mass is 16.1. The van der Waals surface area contributed by atoms with Gasteiger partial charge < -0.3 is 10.6 Å². The third kappa shape index (κ3) is 3.04. The summed E-state index contributed by atoms with van der Waals surface area (Å²) in [6, 6.07) is 7.30. The van der Waals surface area contributed by atoms with E-state index in [0.29, 0.717) is 11.3 Å². The quantitative estimate of drug-likeness (QED) is 0.862. The Morgan fingerprint density at radius 3 is 2.39 bits per heavy atom. The molecule has 0 saturated heterocycles. The van der Waals surface area contributed by atoms with Crippen molar-refractivity contribution in [2.75, 3.05) is 17.2 Å². The molecule has 2 N–H and O–H groups in total. The highest BCUT2D eigenvalue weighted by Crippen LogP contribution is 2.11. The van der Waals surface area contributed by atoms with E-state index in [2.05, 4.69) is 20.6 Å². The molecule has 0 aliphatic carbocycles. The number of nitrogens with zero attached hydrogens (tertiary/aromatic N) is 2. The Morgan fingerprint density at radius 1 is 1.11 bits per heavy atom. The molecule has 1 amide bonds. The Labute approximate surface area is 105 Å². The Kier molecular flexibility index (Phi) is 3.86. The van der Waals surface area contributed by atoms with E-state index in [9.17, 15) is 4.79 Å². The lowest BCUT2D eigenvalue weighted by Crippen LogP contribution is -2.12. The van der Waals surface area contributed by atoms with Gasteiger partial charge >= 0.3 is 0 Å². The van der Waals surface area contributed by atoms with Gasteiger partial charge in [-0.25, -0.2) is 9.97 Å². The summed E-state index contributed by atoms with van der Waals surface area (Å²) in [5.41, 5.74) is 2.18. The summed E-state index contributed by atoms with van der Waals surface area (Å²) in [7, 11) is 0. The maximum absolute atomic E-state index is 11.9. The average Bonchev–Trinajstić information content (AvgIpc) is 2.41. The van der Waals surface area contributed by atoms with Gasteiger partial charge in [-0.3, -0.25) is 4.79 Å². The zero-order valence-corrected chi connectivity index (χ0v) is 10.1. The monoisotopic (exact) mass is 242 g/mol. The van der Waals surface area contributed by atoms with Crippen molar-refractivity contribution < 1.29 is 4.79 Å². The van der Waals surface area contributed by atoms with Gasteiger partial charge in [-0.05, 0) is 31.2 Å². The van der Waals surface area contributed by atoms with E-state index in [1.165, 1.54) is 6.33 Å². The third-order valence-electron chi connectivity index (χ3n) is 2.35. The fraction of sp³-hybridized carbons (Fsp3) is 0.154. The molecule has 1 heterocycles. The van der Waals surface area contributed by atoms with Crippen LogP contribution in [0.1, 0.15) is 17.3 Å². The molecule has 18 heavy (non-hydrogen) atoms. The molecule has 1 aromatic carbocycles. The molecular formula is C13H14N4O. The molecule has 5 heteroatoms. The fourth-order valence-corrected chi connectivity index (χ4v) is 1.51. The van der Waals surface area contributed by atoms with Crippen molar-refractivity contribution >= 4 is 17.3 Å². The number of hydrogen-bond acceptors (Lipinski definition) is 4. The molecule has 2 aromatic rings. The van der Waals surface area contributed by atoms with Crippen LogP contribution in [-0.4, -0.2) is 22.4 Å². The maximum atomic E-state index is 11.9. The Hall–Kier alpha value is -2.43. The average molecular weight is 242 g/mol. The van der Waals surface area contributed by atoms with Crippen LogP contribution in [0.5, 0.6) is 0 Å². The topological polar surface area (TPSA) is 66.9 Å². The van der Waals surface area contributed by atoms with Crippen LogP contribution in [0, 0.1) is 0 Å². The van der Waals surface area contributed by atoms with Crippen molar-refractivity contribution in [1.29, 1.82) is 0 Å². The molecule has 0 aliphatic rings. The molecule has 0 aliphatic heterocycles. The van der Waals surface area contributed by atoms with Gasteiger partial charge in [0.2, 0.25) is 0 Å². The van der Waals surface area contributed by atoms with Crippen LogP contribution in [0.4, 0.5) is 11.4 Å². The summed E-state index contributed by atoms with van der Waals surface area (Å²) >= 11 is 0. The summed E-state index contributed by atoms with van der Waals surface area (Å²) in [6.45, 7) is 2.88. The number of carbonyl (C=O) groups excluding carboxylic acids is 1. The number of anilines is 2. The summed E-state index contributed by atoms with van der Waals surface area (Å²) in [5, 5.41) is 5.90. The van der Waals surface area contributed by atoms with Gasteiger partial charge in [0, 0.05) is 17.8 Å². The van der Waals surface area contributed by atoms with E-state index in [4.69, 9.17) is 0 Å². The standard InChI is InChI=1S/C13H14N4O/c1-2-16-11-5-3-10(4-6-11)13(18)17-12-7-14-9-15-8-12/h3-9,16H,2H2,1H3,(H,17,18). The Balaban J connectivity index is 2.05.